The monoisotopic (exact) mass is 537 g/mol. The van der Waals surface area contributed by atoms with Crippen LogP contribution in [0.15, 0.2) is 27.7 Å². The van der Waals surface area contributed by atoms with Crippen molar-refractivity contribution in [3.8, 4) is 0 Å². The summed E-state index contributed by atoms with van der Waals surface area (Å²) in [5.74, 6) is 0.587. The largest absolute Gasteiger partial charge is 0.369 e. The number of nitrogens with two attached hydrogens (primary N) is 1. The number of nitrogens with zero attached hydrogens (tertiary/aromatic N) is 2. The molecule has 1 aromatic carbocycles. The van der Waals surface area contributed by atoms with E-state index < -0.39 is 0 Å². The van der Waals surface area contributed by atoms with Crippen LogP contribution in [0.3, 0.4) is 0 Å². The summed E-state index contributed by atoms with van der Waals surface area (Å²) in [6.45, 7) is 7.75. The zero-order chi connectivity index (χ0) is 18.2. The first-order valence-electron chi connectivity index (χ1n) is 8.78. The molecule has 0 atom stereocenters. The smallest absolute Gasteiger partial charge is 0.231 e. The van der Waals surface area contributed by atoms with Crippen molar-refractivity contribution >= 4 is 51.8 Å². The van der Waals surface area contributed by atoms with Gasteiger partial charge in [0.15, 0.2) is 5.96 Å². The van der Waals surface area contributed by atoms with Crippen molar-refractivity contribution in [2.24, 2.45) is 10.7 Å². The Morgan fingerprint density at radius 1 is 1.38 bits per heavy atom. The van der Waals surface area contributed by atoms with Crippen LogP contribution >= 0.6 is 39.9 Å². The number of carbonyl (C=O) groups is 1. The number of piperidine rings is 1. The highest BCUT2D eigenvalue weighted by molar-refractivity contribution is 14.0. The van der Waals surface area contributed by atoms with E-state index in [2.05, 4.69) is 57.4 Å². The van der Waals surface area contributed by atoms with E-state index in [1.165, 1.54) is 11.1 Å². The van der Waals surface area contributed by atoms with E-state index in [-0.39, 0.29) is 29.9 Å². The molecule has 4 N–H and O–H groups in total. The fourth-order valence-electron chi connectivity index (χ4n) is 2.97. The van der Waals surface area contributed by atoms with Gasteiger partial charge in [0.05, 0.1) is 13.1 Å². The maximum absolute atomic E-state index is 11.0. The number of halogens is 2. The molecule has 0 aliphatic carbocycles. The summed E-state index contributed by atoms with van der Waals surface area (Å²) in [7, 11) is 0. The lowest BCUT2D eigenvalue weighted by Crippen LogP contribution is -2.49. The van der Waals surface area contributed by atoms with Gasteiger partial charge < -0.3 is 16.4 Å². The number of benzene rings is 1. The van der Waals surface area contributed by atoms with Crippen LogP contribution in [0.25, 0.3) is 0 Å². The Bertz CT molecular complexity index is 618. The van der Waals surface area contributed by atoms with Crippen LogP contribution in [0.5, 0.6) is 0 Å². The van der Waals surface area contributed by atoms with Crippen LogP contribution in [0, 0.1) is 6.92 Å². The maximum Gasteiger partial charge on any atom is 0.231 e. The van der Waals surface area contributed by atoms with E-state index >= 15 is 0 Å². The number of hydrogen-bond donors (Lipinski definition) is 3. The Kier molecular flexibility index (Phi) is 10.5. The van der Waals surface area contributed by atoms with Gasteiger partial charge in [-0.2, -0.15) is 0 Å². The number of aryl methyl sites for hydroxylation is 1. The molecular weight excluding hydrogens is 509 g/mol. The van der Waals surface area contributed by atoms with Gasteiger partial charge in [-0.15, -0.1) is 24.0 Å². The van der Waals surface area contributed by atoms with Crippen LogP contribution in [0.2, 0.25) is 0 Å². The van der Waals surface area contributed by atoms with Crippen molar-refractivity contribution in [1.29, 1.82) is 0 Å². The summed E-state index contributed by atoms with van der Waals surface area (Å²) in [6.07, 6.45) is 1.96. The molecule has 1 aliphatic heterocycles. The zero-order valence-electron chi connectivity index (χ0n) is 15.4. The first-order valence-corrected chi connectivity index (χ1v) is 9.57. The van der Waals surface area contributed by atoms with Gasteiger partial charge in [-0.05, 0) is 49.9 Å². The minimum Gasteiger partial charge on any atom is -0.369 e. The number of carbonyl (C=O) groups excluding carboxylic acids is 1. The Morgan fingerprint density at radius 3 is 2.65 bits per heavy atom. The zero-order valence-corrected chi connectivity index (χ0v) is 19.3. The Hall–Kier alpha value is -0.870. The summed E-state index contributed by atoms with van der Waals surface area (Å²) in [5, 5.41) is 6.83. The molecule has 146 valence electrons. The lowest BCUT2D eigenvalue weighted by atomic mass is 10.1. The van der Waals surface area contributed by atoms with Gasteiger partial charge in [0.1, 0.15) is 0 Å². The molecule has 1 fully saturated rings. The molecule has 2 rings (SSSR count). The van der Waals surface area contributed by atoms with Crippen LogP contribution in [0.1, 0.15) is 30.9 Å². The van der Waals surface area contributed by atoms with E-state index in [1.807, 2.05) is 6.07 Å². The quantitative estimate of drug-likeness (QED) is 0.295. The van der Waals surface area contributed by atoms with Crippen LogP contribution < -0.4 is 16.4 Å². The molecule has 6 nitrogen and oxygen atoms in total. The van der Waals surface area contributed by atoms with E-state index in [9.17, 15) is 4.79 Å². The molecule has 0 spiro atoms. The average Bonchev–Trinajstić information content (AvgIpc) is 2.55. The van der Waals surface area contributed by atoms with Crippen LogP contribution in [-0.4, -0.2) is 49.0 Å². The lowest BCUT2D eigenvalue weighted by Gasteiger charge is -2.32. The highest BCUT2D eigenvalue weighted by atomic mass is 127. The van der Waals surface area contributed by atoms with Gasteiger partial charge >= 0.3 is 0 Å². The topological polar surface area (TPSA) is 82.8 Å². The fourth-order valence-corrected chi connectivity index (χ4v) is 3.45. The fraction of sp³-hybridized carbons (Fsp3) is 0.556. The molecule has 1 saturated heterocycles. The van der Waals surface area contributed by atoms with Gasteiger partial charge in [-0.1, -0.05) is 22.0 Å². The SMILES string of the molecule is CCNC(=NCc1ccc(Br)cc1C)NC1CCN(CC(N)=O)CC1.I. The van der Waals surface area contributed by atoms with Crippen molar-refractivity contribution in [1.82, 2.24) is 15.5 Å². The van der Waals surface area contributed by atoms with Crippen molar-refractivity contribution in [2.75, 3.05) is 26.2 Å². The summed E-state index contributed by atoms with van der Waals surface area (Å²) in [5.41, 5.74) is 7.72. The third kappa shape index (κ3) is 7.79. The molecule has 1 heterocycles. The van der Waals surface area contributed by atoms with E-state index in [4.69, 9.17) is 10.7 Å². The molecule has 0 unspecified atom stereocenters. The lowest BCUT2D eigenvalue weighted by molar-refractivity contribution is -0.119. The maximum atomic E-state index is 11.0. The van der Waals surface area contributed by atoms with E-state index in [0.717, 1.165) is 42.9 Å². The second-order valence-electron chi connectivity index (χ2n) is 6.43. The molecule has 1 aliphatic rings. The first kappa shape index (κ1) is 23.2. The third-order valence-corrected chi connectivity index (χ3v) is 4.86. The number of nitrogens with one attached hydrogen (secondary N) is 2. The Morgan fingerprint density at radius 2 is 2.08 bits per heavy atom. The summed E-state index contributed by atoms with van der Waals surface area (Å²) >= 11 is 3.49. The average molecular weight is 538 g/mol. The van der Waals surface area contributed by atoms with Crippen molar-refractivity contribution in [3.63, 3.8) is 0 Å². The molecule has 0 radical (unpaired) electrons. The second-order valence-corrected chi connectivity index (χ2v) is 7.34. The molecule has 0 aromatic heterocycles. The number of likely N-dealkylation sites (tertiary alicyclic amines) is 1. The molecule has 1 aromatic rings. The van der Waals surface area contributed by atoms with Gasteiger partial charge in [-0.3, -0.25) is 9.69 Å². The predicted molar refractivity (Wildman–Crippen MR) is 121 cm³/mol. The van der Waals surface area contributed by atoms with Crippen molar-refractivity contribution < 1.29 is 4.79 Å². The number of hydrogen-bond acceptors (Lipinski definition) is 3. The first-order chi connectivity index (χ1) is 12.0. The summed E-state index contributed by atoms with van der Waals surface area (Å²) < 4.78 is 1.09. The molecule has 26 heavy (non-hydrogen) atoms. The molecule has 0 bridgehead atoms. The van der Waals surface area contributed by atoms with Crippen molar-refractivity contribution in [2.45, 2.75) is 39.3 Å². The van der Waals surface area contributed by atoms with Gasteiger partial charge in [0, 0.05) is 30.1 Å². The summed E-state index contributed by atoms with van der Waals surface area (Å²) in [6, 6.07) is 6.63. The minimum atomic E-state index is -0.258. The highest BCUT2D eigenvalue weighted by Crippen LogP contribution is 2.16. The summed E-state index contributed by atoms with van der Waals surface area (Å²) in [4.78, 5) is 17.8. The van der Waals surface area contributed by atoms with Gasteiger partial charge in [0.25, 0.3) is 0 Å². The number of primary amides is 1. The number of guanidine groups is 1. The second kappa shape index (κ2) is 11.8. The van der Waals surface area contributed by atoms with E-state index in [1.54, 1.807) is 0 Å². The molecule has 0 saturated carbocycles. The molecular formula is C18H29BrIN5O. The third-order valence-electron chi connectivity index (χ3n) is 4.36. The van der Waals surface area contributed by atoms with Crippen LogP contribution in [-0.2, 0) is 11.3 Å². The normalized spacial score (nSPS) is 16.0. The number of aliphatic imine (C=N–C) groups is 1. The highest BCUT2D eigenvalue weighted by Gasteiger charge is 2.20. The molecule has 8 heteroatoms. The van der Waals surface area contributed by atoms with Gasteiger partial charge in [0.2, 0.25) is 5.91 Å². The number of rotatable bonds is 6. The standard InChI is InChI=1S/C18H28BrN5O.HI/c1-3-21-18(22-11-14-4-5-15(19)10-13(14)2)23-16-6-8-24(9-7-16)12-17(20)25;/h4-5,10,16H,3,6-9,11-12H2,1-2H3,(H2,20,25)(H2,21,22,23);1H. The minimum absolute atomic E-state index is 0. The predicted octanol–water partition coefficient (Wildman–Crippen LogP) is 2.38. The van der Waals surface area contributed by atoms with Crippen molar-refractivity contribution in [3.05, 3.63) is 33.8 Å². The molecule has 1 amide bonds. The Labute approximate surface area is 181 Å². The van der Waals surface area contributed by atoms with Gasteiger partial charge in [-0.25, -0.2) is 4.99 Å². The number of amides is 1. The van der Waals surface area contributed by atoms with Crippen LogP contribution in [0.4, 0.5) is 0 Å². The Balaban J connectivity index is 0.00000338. The van der Waals surface area contributed by atoms with E-state index in [0.29, 0.717) is 19.1 Å².